The molecule has 207 valence electrons. The molecule has 10 heteroatoms. The molecule has 0 saturated carbocycles. The number of carboxylic acids is 3. The predicted octanol–water partition coefficient (Wildman–Crippen LogP) is 0.382. The Labute approximate surface area is 217 Å². The molecule has 0 aromatic rings. The van der Waals surface area contributed by atoms with E-state index in [0.717, 1.165) is 57.8 Å². The van der Waals surface area contributed by atoms with Crippen molar-refractivity contribution in [1.29, 1.82) is 0 Å². The third-order valence-electron chi connectivity index (χ3n) is 5.20. The van der Waals surface area contributed by atoms with Gasteiger partial charge in [0.15, 0.2) is 0 Å². The predicted molar refractivity (Wildman–Crippen MR) is 126 cm³/mol. The second-order valence-electron chi connectivity index (χ2n) is 7.70. The minimum Gasteiger partial charge on any atom is -0.550 e. The zero-order chi connectivity index (χ0) is 23.9. The van der Waals surface area contributed by atoms with E-state index in [1.165, 1.54) is 0 Å². The smallest absolute Gasteiger partial charge is 0.550 e. The second kappa shape index (κ2) is 36.4. The summed E-state index contributed by atoms with van der Waals surface area (Å²) in [6.45, 7) is 11.8. The van der Waals surface area contributed by atoms with Crippen LogP contribution in [0.4, 0.5) is 0 Å². The number of unbranched alkanes of at least 4 members (excludes halogenated alkanes) is 3. The number of carbonyl (C=O) groups excluding carboxylic acids is 3. The van der Waals surface area contributed by atoms with Crippen molar-refractivity contribution in [3.8, 4) is 0 Å². The average molecular weight is 536 g/mol. The summed E-state index contributed by atoms with van der Waals surface area (Å²) in [5.41, 5.74) is 0. The molecule has 0 amide bonds. The number of hydrogen-bond acceptors (Lipinski definition) is 6. The summed E-state index contributed by atoms with van der Waals surface area (Å²) in [5.74, 6) is -3.34. The molecule has 0 aromatic carbocycles. The van der Waals surface area contributed by atoms with Crippen LogP contribution in [0.15, 0.2) is 0 Å². The molecule has 3 atom stereocenters. The molecule has 0 aliphatic heterocycles. The standard InChI is InChI=1S/3C8H16O2.Cr.3H2O/c3*1-3-5-6-7(4-2)8(9)10;;;;/h3*7H,3-6H2,1-2H3,(H,9,10);;3*1H2/q;;;+3;;;/p-3. The Morgan fingerprint density at radius 2 is 0.676 bits per heavy atom. The third-order valence-corrected chi connectivity index (χ3v) is 5.20. The minimum absolute atomic E-state index is 0. The molecule has 0 fully saturated rings. The number of carbonyl (C=O) groups is 3. The van der Waals surface area contributed by atoms with Crippen molar-refractivity contribution in [1.82, 2.24) is 0 Å². The Morgan fingerprint density at radius 1 is 0.500 bits per heavy atom. The Balaban J connectivity index is -0.0000000607. The zero-order valence-electron chi connectivity index (χ0n) is 22.1. The van der Waals surface area contributed by atoms with Crippen LogP contribution in [0.25, 0.3) is 0 Å². The Hall–Kier alpha value is -1.18. The number of carboxylic acid groups (broad SMARTS) is 3. The fourth-order valence-corrected chi connectivity index (χ4v) is 2.82. The molecule has 0 spiro atoms. The molecule has 0 saturated heterocycles. The maximum Gasteiger partial charge on any atom is 3.00 e. The first-order chi connectivity index (χ1) is 14.2. The maximum absolute atomic E-state index is 10.3. The molecule has 34 heavy (non-hydrogen) atoms. The molecular formula is C24H51CrO9. The number of hydrogen-bond donors (Lipinski definition) is 0. The monoisotopic (exact) mass is 535 g/mol. The summed E-state index contributed by atoms with van der Waals surface area (Å²) < 4.78 is 0. The van der Waals surface area contributed by atoms with Gasteiger partial charge in [-0.1, -0.05) is 80.1 Å². The van der Waals surface area contributed by atoms with Gasteiger partial charge in [0, 0.05) is 17.9 Å². The first-order valence-electron chi connectivity index (χ1n) is 11.8. The van der Waals surface area contributed by atoms with Gasteiger partial charge in [0.2, 0.25) is 0 Å². The Kier molecular flexibility index (Phi) is 53.4. The van der Waals surface area contributed by atoms with Crippen molar-refractivity contribution in [2.45, 2.75) is 119 Å². The van der Waals surface area contributed by atoms with Gasteiger partial charge in [0.25, 0.3) is 0 Å². The van der Waals surface area contributed by atoms with Crippen LogP contribution in [0.1, 0.15) is 119 Å². The van der Waals surface area contributed by atoms with Crippen molar-refractivity contribution in [2.75, 3.05) is 0 Å². The summed E-state index contributed by atoms with van der Waals surface area (Å²) in [4.78, 5) is 31.0. The number of aliphatic carboxylic acids is 3. The van der Waals surface area contributed by atoms with Gasteiger partial charge in [-0.15, -0.1) is 0 Å². The molecule has 0 bridgehead atoms. The van der Waals surface area contributed by atoms with Gasteiger partial charge in [-0.3, -0.25) is 0 Å². The Morgan fingerprint density at radius 3 is 0.765 bits per heavy atom. The molecule has 0 heterocycles. The van der Waals surface area contributed by atoms with Crippen LogP contribution < -0.4 is 15.3 Å². The van der Waals surface area contributed by atoms with Crippen molar-refractivity contribution in [2.24, 2.45) is 17.8 Å². The van der Waals surface area contributed by atoms with Crippen molar-refractivity contribution >= 4 is 17.9 Å². The summed E-state index contributed by atoms with van der Waals surface area (Å²) in [5, 5.41) is 31.0. The van der Waals surface area contributed by atoms with Crippen LogP contribution >= 0.6 is 0 Å². The fraction of sp³-hybridized carbons (Fsp3) is 0.875. The van der Waals surface area contributed by atoms with Crippen LogP contribution in [0.5, 0.6) is 0 Å². The first-order valence-corrected chi connectivity index (χ1v) is 11.8. The zero-order valence-corrected chi connectivity index (χ0v) is 23.4. The van der Waals surface area contributed by atoms with Crippen LogP contribution in [0.3, 0.4) is 0 Å². The van der Waals surface area contributed by atoms with E-state index in [4.69, 9.17) is 0 Å². The van der Waals surface area contributed by atoms with Crippen LogP contribution in [0, 0.1) is 17.8 Å². The summed E-state index contributed by atoms with van der Waals surface area (Å²) in [6, 6.07) is 0. The van der Waals surface area contributed by atoms with E-state index >= 15 is 0 Å². The molecule has 0 aromatic heterocycles. The van der Waals surface area contributed by atoms with E-state index < -0.39 is 17.9 Å². The van der Waals surface area contributed by atoms with Gasteiger partial charge < -0.3 is 46.1 Å². The van der Waals surface area contributed by atoms with Crippen LogP contribution in [0.2, 0.25) is 0 Å². The van der Waals surface area contributed by atoms with Crippen molar-refractivity contribution < 1.29 is 63.5 Å². The average Bonchev–Trinajstić information content (AvgIpc) is 2.70. The molecular weight excluding hydrogens is 484 g/mol. The van der Waals surface area contributed by atoms with Gasteiger partial charge in [0.05, 0.1) is 0 Å². The van der Waals surface area contributed by atoms with Gasteiger partial charge >= 0.3 is 17.4 Å². The van der Waals surface area contributed by atoms with Crippen LogP contribution in [-0.4, -0.2) is 34.3 Å². The minimum atomic E-state index is -0.893. The van der Waals surface area contributed by atoms with E-state index in [-0.39, 0.29) is 51.5 Å². The van der Waals surface area contributed by atoms with E-state index in [2.05, 4.69) is 20.8 Å². The van der Waals surface area contributed by atoms with Gasteiger partial charge in [-0.2, -0.15) is 0 Å². The first kappa shape index (κ1) is 49.8. The summed E-state index contributed by atoms with van der Waals surface area (Å²) >= 11 is 0. The molecule has 0 aliphatic carbocycles. The van der Waals surface area contributed by atoms with Crippen LogP contribution in [-0.2, 0) is 31.7 Å². The largest absolute Gasteiger partial charge is 3.00 e. The van der Waals surface area contributed by atoms with Gasteiger partial charge in [-0.25, -0.2) is 0 Å². The van der Waals surface area contributed by atoms with E-state index in [1.807, 2.05) is 20.8 Å². The quantitative estimate of drug-likeness (QED) is 0.288. The molecule has 1 radical (unpaired) electrons. The van der Waals surface area contributed by atoms with Gasteiger partial charge in [-0.05, 0) is 56.3 Å². The molecule has 0 aliphatic rings. The second-order valence-corrected chi connectivity index (χ2v) is 7.70. The fourth-order valence-electron chi connectivity index (χ4n) is 2.82. The number of rotatable bonds is 15. The maximum atomic E-state index is 10.3. The van der Waals surface area contributed by atoms with E-state index in [9.17, 15) is 29.7 Å². The molecule has 0 rings (SSSR count). The summed E-state index contributed by atoms with van der Waals surface area (Å²) in [6.07, 6.45) is 10.6. The third kappa shape index (κ3) is 33.0. The topological polar surface area (TPSA) is 215 Å². The summed E-state index contributed by atoms with van der Waals surface area (Å²) in [7, 11) is 0. The van der Waals surface area contributed by atoms with Gasteiger partial charge in [0.1, 0.15) is 0 Å². The Bertz CT molecular complexity index is 373. The van der Waals surface area contributed by atoms with Crippen molar-refractivity contribution in [3.63, 3.8) is 0 Å². The molecule has 9 nitrogen and oxygen atoms in total. The van der Waals surface area contributed by atoms with E-state index in [1.54, 1.807) is 0 Å². The van der Waals surface area contributed by atoms with Crippen molar-refractivity contribution in [3.05, 3.63) is 0 Å². The normalized spacial score (nSPS) is 11.5. The SMILES string of the molecule is CCCCC(CC)C(=O)[O-].CCCCC(CC)C(=O)[O-].CCCCC(CC)C(=O)[O-].O.O.O.[Cr+3]. The molecule has 6 N–H and O–H groups in total. The molecule has 3 unspecified atom stereocenters. The van der Waals surface area contributed by atoms with E-state index in [0.29, 0.717) is 19.3 Å².